The molecule has 0 unspecified atom stereocenters. The van der Waals surface area contributed by atoms with E-state index in [9.17, 15) is 0 Å². The van der Waals surface area contributed by atoms with E-state index in [2.05, 4.69) is 76.3 Å². The predicted molar refractivity (Wildman–Crippen MR) is 129 cm³/mol. The van der Waals surface area contributed by atoms with Crippen LogP contribution in [-0.4, -0.2) is 46.6 Å². The van der Waals surface area contributed by atoms with Crippen molar-refractivity contribution in [2.45, 2.75) is 40.2 Å². The SMILES string of the molecule is COc1ncnc(C(C)C)c1-c1ncc2cnn(Cc3ccc(-n4nc(C)cc4C)cc3)c2n1. The van der Waals surface area contributed by atoms with Crippen molar-refractivity contribution in [1.29, 1.82) is 0 Å². The summed E-state index contributed by atoms with van der Waals surface area (Å²) in [7, 11) is 1.59. The molecule has 0 atom stereocenters. The van der Waals surface area contributed by atoms with Gasteiger partial charge in [0.2, 0.25) is 5.88 Å². The molecule has 4 aromatic heterocycles. The maximum Gasteiger partial charge on any atom is 0.227 e. The minimum atomic E-state index is 0.164. The van der Waals surface area contributed by atoms with Crippen molar-refractivity contribution >= 4 is 11.0 Å². The molecule has 0 amide bonds. The fourth-order valence-corrected chi connectivity index (χ4v) is 4.09. The number of aryl methyl sites for hydroxylation is 2. The Kier molecular flexibility index (Phi) is 5.53. The topological polar surface area (TPSA) is 96.4 Å². The van der Waals surface area contributed by atoms with Crippen LogP contribution in [0.2, 0.25) is 0 Å². The zero-order valence-corrected chi connectivity index (χ0v) is 19.9. The Bertz CT molecular complexity index is 1470. The molecule has 5 rings (SSSR count). The monoisotopic (exact) mass is 454 g/mol. The first-order chi connectivity index (χ1) is 16.4. The molecule has 5 aromatic rings. The first-order valence-corrected chi connectivity index (χ1v) is 11.1. The van der Waals surface area contributed by atoms with E-state index in [1.54, 1.807) is 19.5 Å². The third kappa shape index (κ3) is 3.89. The summed E-state index contributed by atoms with van der Waals surface area (Å²) in [4.78, 5) is 18.2. The van der Waals surface area contributed by atoms with Crippen LogP contribution in [0.4, 0.5) is 0 Å². The number of ether oxygens (including phenoxy) is 1. The molecular formula is C25H26N8O. The molecule has 1 aromatic carbocycles. The van der Waals surface area contributed by atoms with Crippen LogP contribution in [0.5, 0.6) is 5.88 Å². The molecule has 0 spiro atoms. The molecule has 34 heavy (non-hydrogen) atoms. The zero-order chi connectivity index (χ0) is 23.8. The number of hydrogen-bond acceptors (Lipinski definition) is 7. The number of methoxy groups -OCH3 is 1. The van der Waals surface area contributed by atoms with Gasteiger partial charge in [-0.25, -0.2) is 29.3 Å². The number of rotatable bonds is 6. The van der Waals surface area contributed by atoms with E-state index in [4.69, 9.17) is 9.72 Å². The fraction of sp³-hybridized carbons (Fsp3) is 0.280. The van der Waals surface area contributed by atoms with E-state index < -0.39 is 0 Å². The first-order valence-electron chi connectivity index (χ1n) is 11.1. The third-order valence-electron chi connectivity index (χ3n) is 5.71. The lowest BCUT2D eigenvalue weighted by molar-refractivity contribution is 0.397. The summed E-state index contributed by atoms with van der Waals surface area (Å²) in [5.41, 5.74) is 6.55. The summed E-state index contributed by atoms with van der Waals surface area (Å²) in [6.07, 6.45) is 5.07. The summed E-state index contributed by atoms with van der Waals surface area (Å²) >= 11 is 0. The summed E-state index contributed by atoms with van der Waals surface area (Å²) < 4.78 is 9.33. The Hall–Kier alpha value is -4.14. The Balaban J connectivity index is 1.50. The maximum absolute atomic E-state index is 5.51. The van der Waals surface area contributed by atoms with Gasteiger partial charge in [-0.3, -0.25) is 0 Å². The standard InChI is InChI=1S/C25H26N8O/c1-15(2)22-21(25(34-5)28-14-27-22)23-26-11-19-12-29-32(24(19)30-23)13-18-6-8-20(9-7-18)33-17(4)10-16(3)31-33/h6-12,14-15H,13H2,1-5H3. The Morgan fingerprint density at radius 2 is 1.79 bits per heavy atom. The summed E-state index contributed by atoms with van der Waals surface area (Å²) in [6, 6.07) is 10.4. The lowest BCUT2D eigenvalue weighted by atomic mass is 10.0. The van der Waals surface area contributed by atoms with Crippen LogP contribution < -0.4 is 4.74 Å². The molecule has 4 heterocycles. The molecule has 0 radical (unpaired) electrons. The Morgan fingerprint density at radius 3 is 2.47 bits per heavy atom. The highest BCUT2D eigenvalue weighted by molar-refractivity contribution is 5.77. The van der Waals surface area contributed by atoms with Gasteiger partial charge in [0.15, 0.2) is 11.5 Å². The van der Waals surface area contributed by atoms with Gasteiger partial charge >= 0.3 is 0 Å². The second-order valence-electron chi connectivity index (χ2n) is 8.58. The normalized spacial score (nSPS) is 11.5. The largest absolute Gasteiger partial charge is 0.480 e. The highest BCUT2D eigenvalue weighted by Gasteiger charge is 2.20. The van der Waals surface area contributed by atoms with Crippen LogP contribution in [0.15, 0.2) is 49.1 Å². The van der Waals surface area contributed by atoms with Crippen LogP contribution in [-0.2, 0) is 6.54 Å². The summed E-state index contributed by atoms with van der Waals surface area (Å²) in [6.45, 7) is 8.78. The Morgan fingerprint density at radius 1 is 1.00 bits per heavy atom. The molecule has 0 bridgehead atoms. The fourth-order valence-electron chi connectivity index (χ4n) is 4.09. The molecule has 0 aliphatic rings. The summed E-state index contributed by atoms with van der Waals surface area (Å²) in [5.74, 6) is 1.15. The van der Waals surface area contributed by atoms with Crippen molar-refractivity contribution in [1.82, 2.24) is 39.5 Å². The van der Waals surface area contributed by atoms with Gasteiger partial charge < -0.3 is 4.74 Å². The molecule has 0 N–H and O–H groups in total. The van der Waals surface area contributed by atoms with Crippen molar-refractivity contribution < 1.29 is 4.74 Å². The molecule has 0 fully saturated rings. The number of benzene rings is 1. The van der Waals surface area contributed by atoms with E-state index >= 15 is 0 Å². The Labute approximate surface area is 197 Å². The molecule has 172 valence electrons. The van der Waals surface area contributed by atoms with Gasteiger partial charge in [-0.15, -0.1) is 0 Å². The van der Waals surface area contributed by atoms with Crippen molar-refractivity contribution in [3.8, 4) is 23.0 Å². The second kappa shape index (κ2) is 8.66. The average Bonchev–Trinajstić information content (AvgIpc) is 3.40. The van der Waals surface area contributed by atoms with Crippen molar-refractivity contribution in [3.63, 3.8) is 0 Å². The highest BCUT2D eigenvalue weighted by atomic mass is 16.5. The lowest BCUT2D eigenvalue weighted by Crippen LogP contribution is -2.06. The zero-order valence-electron chi connectivity index (χ0n) is 19.9. The van der Waals surface area contributed by atoms with Gasteiger partial charge in [0.25, 0.3) is 0 Å². The van der Waals surface area contributed by atoms with Crippen LogP contribution >= 0.6 is 0 Å². The maximum atomic E-state index is 5.51. The third-order valence-corrected chi connectivity index (χ3v) is 5.71. The van der Waals surface area contributed by atoms with Gasteiger partial charge in [-0.1, -0.05) is 26.0 Å². The summed E-state index contributed by atoms with van der Waals surface area (Å²) in [5, 5.41) is 9.98. The van der Waals surface area contributed by atoms with Gasteiger partial charge in [-0.2, -0.15) is 10.2 Å². The highest BCUT2D eigenvalue weighted by Crippen LogP contribution is 2.32. The number of nitrogens with zero attached hydrogens (tertiary/aromatic N) is 8. The second-order valence-corrected chi connectivity index (χ2v) is 8.58. The van der Waals surface area contributed by atoms with Crippen LogP contribution in [0, 0.1) is 13.8 Å². The van der Waals surface area contributed by atoms with E-state index in [0.717, 1.165) is 39.4 Å². The molecule has 0 saturated heterocycles. The van der Waals surface area contributed by atoms with Crippen LogP contribution in [0.3, 0.4) is 0 Å². The molecular weight excluding hydrogens is 428 g/mol. The van der Waals surface area contributed by atoms with Crippen LogP contribution in [0.1, 0.15) is 42.4 Å². The quantitative estimate of drug-likeness (QED) is 0.378. The average molecular weight is 455 g/mol. The van der Waals surface area contributed by atoms with Gasteiger partial charge in [0, 0.05) is 11.9 Å². The lowest BCUT2D eigenvalue weighted by Gasteiger charge is -2.13. The van der Waals surface area contributed by atoms with E-state index in [1.165, 1.54) is 6.33 Å². The molecule has 9 heteroatoms. The number of fused-ring (bicyclic) bond motifs is 1. The molecule has 0 saturated carbocycles. The van der Waals surface area contributed by atoms with Crippen molar-refractivity contribution in [2.24, 2.45) is 0 Å². The minimum absolute atomic E-state index is 0.164. The predicted octanol–water partition coefficient (Wildman–Crippen LogP) is 4.27. The van der Waals surface area contributed by atoms with E-state index in [-0.39, 0.29) is 5.92 Å². The molecule has 0 aliphatic heterocycles. The van der Waals surface area contributed by atoms with Crippen molar-refractivity contribution in [2.75, 3.05) is 7.11 Å². The minimum Gasteiger partial charge on any atom is -0.480 e. The van der Waals surface area contributed by atoms with Gasteiger partial charge in [0.05, 0.1) is 42.3 Å². The van der Waals surface area contributed by atoms with Gasteiger partial charge in [0.1, 0.15) is 11.9 Å². The van der Waals surface area contributed by atoms with E-state index in [0.29, 0.717) is 23.8 Å². The molecule has 0 aliphatic carbocycles. The smallest absolute Gasteiger partial charge is 0.227 e. The number of aromatic nitrogens is 8. The van der Waals surface area contributed by atoms with Crippen LogP contribution in [0.25, 0.3) is 28.1 Å². The van der Waals surface area contributed by atoms with Gasteiger partial charge in [-0.05, 0) is 43.5 Å². The van der Waals surface area contributed by atoms with E-state index in [1.807, 2.05) is 16.3 Å². The number of hydrogen-bond donors (Lipinski definition) is 0. The van der Waals surface area contributed by atoms with Crippen molar-refractivity contribution in [3.05, 3.63) is 71.7 Å². The molecule has 9 nitrogen and oxygen atoms in total. The first kappa shape index (κ1) is 21.7.